The summed E-state index contributed by atoms with van der Waals surface area (Å²) in [6.45, 7) is 2.63. The highest BCUT2D eigenvalue weighted by Crippen LogP contribution is 2.23. The second-order valence-electron chi connectivity index (χ2n) is 6.81. The molecular weight excluding hydrogens is 304 g/mol. The smallest absolute Gasteiger partial charge is 0.239 e. The van der Waals surface area contributed by atoms with Crippen molar-refractivity contribution in [1.82, 2.24) is 9.80 Å². The molecule has 1 aromatic rings. The summed E-state index contributed by atoms with van der Waals surface area (Å²) in [5.74, 6) is 2.01. The van der Waals surface area contributed by atoms with E-state index in [-0.39, 0.29) is 12.1 Å². The number of amides is 1. The van der Waals surface area contributed by atoms with Gasteiger partial charge in [-0.15, -0.1) is 0 Å². The third-order valence-electron chi connectivity index (χ3n) is 5.17. The zero-order chi connectivity index (χ0) is 16.9. The predicted octanol–water partition coefficient (Wildman–Crippen LogP) is 2.55. The van der Waals surface area contributed by atoms with Crippen molar-refractivity contribution in [3.05, 3.63) is 24.3 Å². The van der Waals surface area contributed by atoms with Crippen LogP contribution < -0.4 is 9.47 Å². The van der Waals surface area contributed by atoms with E-state index >= 15 is 0 Å². The fourth-order valence-electron chi connectivity index (χ4n) is 3.64. The van der Waals surface area contributed by atoms with Gasteiger partial charge in [-0.05, 0) is 50.7 Å². The maximum atomic E-state index is 12.7. The summed E-state index contributed by atoms with van der Waals surface area (Å²) in [5.41, 5.74) is 0. The van der Waals surface area contributed by atoms with E-state index < -0.39 is 0 Å². The molecular formula is C19H28N2O3. The summed E-state index contributed by atoms with van der Waals surface area (Å²) in [5, 5.41) is 0. The number of methoxy groups -OCH3 is 1. The Hall–Kier alpha value is -1.75. The number of likely N-dealkylation sites (N-methyl/N-ethyl adjacent to an activating group) is 1. The van der Waals surface area contributed by atoms with Gasteiger partial charge in [-0.3, -0.25) is 9.69 Å². The quantitative estimate of drug-likeness (QED) is 0.850. The zero-order valence-corrected chi connectivity index (χ0v) is 14.7. The Kier molecular flexibility index (Phi) is 5.61. The zero-order valence-electron chi connectivity index (χ0n) is 14.7. The lowest BCUT2D eigenvalue weighted by Gasteiger charge is -2.38. The van der Waals surface area contributed by atoms with Crippen molar-refractivity contribution in [3.63, 3.8) is 0 Å². The Morgan fingerprint density at radius 1 is 1.00 bits per heavy atom. The highest BCUT2D eigenvalue weighted by atomic mass is 16.5. The minimum absolute atomic E-state index is 0.0813. The second kappa shape index (κ2) is 7.88. The average molecular weight is 332 g/mol. The number of piperidine rings is 2. The first-order valence-corrected chi connectivity index (χ1v) is 8.97. The molecule has 2 aliphatic rings. The summed E-state index contributed by atoms with van der Waals surface area (Å²) in [6.07, 6.45) is 5.35. The molecule has 0 radical (unpaired) electrons. The molecule has 5 nitrogen and oxygen atoms in total. The van der Waals surface area contributed by atoms with Gasteiger partial charge in [0.25, 0.3) is 0 Å². The van der Waals surface area contributed by atoms with Crippen molar-refractivity contribution in [2.24, 2.45) is 0 Å². The molecule has 1 unspecified atom stereocenters. The minimum atomic E-state index is 0.0813. The molecule has 0 saturated carbocycles. The third-order valence-corrected chi connectivity index (χ3v) is 5.17. The van der Waals surface area contributed by atoms with Gasteiger partial charge in [-0.2, -0.15) is 0 Å². The lowest BCUT2D eigenvalue weighted by atomic mass is 10.00. The number of carbonyl (C=O) groups is 1. The van der Waals surface area contributed by atoms with Gasteiger partial charge in [-0.1, -0.05) is 6.42 Å². The molecule has 0 N–H and O–H groups in total. The van der Waals surface area contributed by atoms with Crippen molar-refractivity contribution in [1.29, 1.82) is 0 Å². The van der Waals surface area contributed by atoms with Crippen LogP contribution in [-0.2, 0) is 4.79 Å². The molecule has 1 atom stereocenters. The molecule has 0 spiro atoms. The molecule has 2 saturated heterocycles. The Morgan fingerprint density at radius 2 is 1.67 bits per heavy atom. The van der Waals surface area contributed by atoms with Crippen LogP contribution in [0.25, 0.3) is 0 Å². The van der Waals surface area contributed by atoms with Crippen LogP contribution in [0.2, 0.25) is 0 Å². The minimum Gasteiger partial charge on any atom is -0.497 e. The molecule has 1 aromatic carbocycles. The van der Waals surface area contributed by atoms with E-state index in [4.69, 9.17) is 9.47 Å². The predicted molar refractivity (Wildman–Crippen MR) is 93.5 cm³/mol. The lowest BCUT2D eigenvalue weighted by Crippen LogP contribution is -2.52. The van der Waals surface area contributed by atoms with Crippen LogP contribution in [0, 0.1) is 0 Å². The largest absolute Gasteiger partial charge is 0.497 e. The molecule has 0 aromatic heterocycles. The molecule has 132 valence electrons. The fourth-order valence-corrected chi connectivity index (χ4v) is 3.64. The van der Waals surface area contributed by atoms with E-state index in [9.17, 15) is 4.79 Å². The van der Waals surface area contributed by atoms with Crippen molar-refractivity contribution in [2.75, 3.05) is 33.8 Å². The van der Waals surface area contributed by atoms with Gasteiger partial charge in [0.2, 0.25) is 5.91 Å². The highest BCUT2D eigenvalue weighted by molar-refractivity contribution is 5.82. The van der Waals surface area contributed by atoms with E-state index in [0.717, 1.165) is 56.8 Å². The van der Waals surface area contributed by atoms with Gasteiger partial charge in [0.1, 0.15) is 17.6 Å². The second-order valence-corrected chi connectivity index (χ2v) is 6.81. The molecule has 2 aliphatic heterocycles. The summed E-state index contributed by atoms with van der Waals surface area (Å²) in [6, 6.07) is 7.78. The van der Waals surface area contributed by atoms with Gasteiger partial charge in [0.15, 0.2) is 0 Å². The normalized spacial score (nSPS) is 23.1. The van der Waals surface area contributed by atoms with Crippen LogP contribution in [0.15, 0.2) is 24.3 Å². The van der Waals surface area contributed by atoms with Crippen LogP contribution in [0.1, 0.15) is 32.1 Å². The Bertz CT molecular complexity index is 538. The highest BCUT2D eigenvalue weighted by Gasteiger charge is 2.32. The molecule has 3 rings (SSSR count). The summed E-state index contributed by atoms with van der Waals surface area (Å²) in [7, 11) is 3.73. The number of ether oxygens (including phenoxy) is 2. The maximum absolute atomic E-state index is 12.7. The molecule has 0 aliphatic carbocycles. The van der Waals surface area contributed by atoms with Crippen LogP contribution in [0.4, 0.5) is 0 Å². The van der Waals surface area contributed by atoms with Crippen LogP contribution >= 0.6 is 0 Å². The third kappa shape index (κ3) is 4.01. The molecule has 1 amide bonds. The maximum Gasteiger partial charge on any atom is 0.239 e. The SMILES string of the molecule is COc1ccc(OC2CCN(C(=O)C3CCCCN3C)CC2)cc1. The number of likely N-dealkylation sites (tertiary alicyclic amines) is 2. The molecule has 0 bridgehead atoms. The number of hydrogen-bond donors (Lipinski definition) is 0. The van der Waals surface area contributed by atoms with Crippen LogP contribution in [0.3, 0.4) is 0 Å². The lowest BCUT2D eigenvalue weighted by molar-refractivity contribution is -0.139. The van der Waals surface area contributed by atoms with Gasteiger partial charge in [0, 0.05) is 25.9 Å². The first kappa shape index (κ1) is 17.1. The van der Waals surface area contributed by atoms with Crippen molar-refractivity contribution in [3.8, 4) is 11.5 Å². The van der Waals surface area contributed by atoms with Gasteiger partial charge in [-0.25, -0.2) is 0 Å². The summed E-state index contributed by atoms with van der Waals surface area (Å²) < 4.78 is 11.2. The Labute approximate surface area is 144 Å². The average Bonchev–Trinajstić information content (AvgIpc) is 2.63. The number of benzene rings is 1. The number of carbonyl (C=O) groups excluding carboxylic acids is 1. The first-order chi connectivity index (χ1) is 11.7. The van der Waals surface area contributed by atoms with E-state index in [1.165, 1.54) is 6.42 Å². The van der Waals surface area contributed by atoms with Crippen molar-refractivity contribution in [2.45, 2.75) is 44.2 Å². The Morgan fingerprint density at radius 3 is 2.29 bits per heavy atom. The van der Waals surface area contributed by atoms with Gasteiger partial charge in [0.05, 0.1) is 13.2 Å². The molecule has 5 heteroatoms. The topological polar surface area (TPSA) is 42.0 Å². The number of hydrogen-bond acceptors (Lipinski definition) is 4. The van der Waals surface area contributed by atoms with Gasteiger partial charge >= 0.3 is 0 Å². The standard InChI is InChI=1S/C19H28N2O3/c1-20-12-4-3-5-18(20)19(22)21-13-10-17(11-14-21)24-16-8-6-15(23-2)7-9-16/h6-9,17-18H,3-5,10-14H2,1-2H3. The van der Waals surface area contributed by atoms with E-state index in [1.807, 2.05) is 29.2 Å². The molecule has 24 heavy (non-hydrogen) atoms. The van der Waals surface area contributed by atoms with Crippen molar-refractivity contribution >= 4 is 5.91 Å². The Balaban J connectivity index is 1.48. The summed E-state index contributed by atoms with van der Waals surface area (Å²) in [4.78, 5) is 17.0. The van der Waals surface area contributed by atoms with Crippen LogP contribution in [0.5, 0.6) is 11.5 Å². The van der Waals surface area contributed by atoms with E-state index in [2.05, 4.69) is 11.9 Å². The van der Waals surface area contributed by atoms with E-state index in [1.54, 1.807) is 7.11 Å². The van der Waals surface area contributed by atoms with Gasteiger partial charge < -0.3 is 14.4 Å². The van der Waals surface area contributed by atoms with Crippen molar-refractivity contribution < 1.29 is 14.3 Å². The van der Waals surface area contributed by atoms with Crippen LogP contribution in [-0.4, -0.2) is 61.6 Å². The first-order valence-electron chi connectivity index (χ1n) is 8.97. The molecule has 2 fully saturated rings. The number of nitrogens with zero attached hydrogens (tertiary/aromatic N) is 2. The monoisotopic (exact) mass is 332 g/mol. The van der Waals surface area contributed by atoms with E-state index in [0.29, 0.717) is 5.91 Å². The molecule has 2 heterocycles. The number of rotatable bonds is 4. The summed E-state index contributed by atoms with van der Waals surface area (Å²) >= 11 is 0. The fraction of sp³-hybridized carbons (Fsp3) is 0.632.